The molecule has 1 unspecified atom stereocenters. The molecule has 0 radical (unpaired) electrons. The van der Waals surface area contributed by atoms with Crippen molar-refractivity contribution in [1.82, 2.24) is 14.4 Å². The van der Waals surface area contributed by atoms with Crippen LogP contribution in [0.25, 0.3) is 0 Å². The quantitative estimate of drug-likeness (QED) is 0.463. The van der Waals surface area contributed by atoms with Gasteiger partial charge in [-0.25, -0.2) is 4.39 Å². The van der Waals surface area contributed by atoms with Gasteiger partial charge in [-0.15, -0.1) is 0 Å². The lowest BCUT2D eigenvalue weighted by molar-refractivity contribution is -0.131. The molecule has 0 saturated carbocycles. The van der Waals surface area contributed by atoms with Crippen LogP contribution in [0.5, 0.6) is 5.75 Å². The van der Waals surface area contributed by atoms with Gasteiger partial charge < -0.3 is 19.1 Å². The van der Waals surface area contributed by atoms with Gasteiger partial charge in [0.1, 0.15) is 18.6 Å². The number of rotatable bonds is 7. The molecule has 2 aromatic carbocycles. The van der Waals surface area contributed by atoms with Crippen molar-refractivity contribution in [2.75, 3.05) is 13.1 Å². The number of amides is 2. The number of Topliss-reactive ketones (excluding diaryl/α,β-unsaturated/α-hetero) is 1. The van der Waals surface area contributed by atoms with Crippen molar-refractivity contribution in [3.8, 4) is 5.75 Å². The van der Waals surface area contributed by atoms with E-state index in [0.29, 0.717) is 19.5 Å². The summed E-state index contributed by atoms with van der Waals surface area (Å²) in [6, 6.07) is 15.1. The maximum atomic E-state index is 13.5. The molecule has 1 aromatic heterocycles. The van der Waals surface area contributed by atoms with Crippen molar-refractivity contribution in [2.24, 2.45) is 0 Å². The van der Waals surface area contributed by atoms with Crippen LogP contribution < -0.4 is 10.2 Å². The second-order valence-corrected chi connectivity index (χ2v) is 9.22. The molecule has 1 atom stereocenters. The van der Waals surface area contributed by atoms with Crippen LogP contribution in [-0.4, -0.2) is 51.2 Å². The summed E-state index contributed by atoms with van der Waals surface area (Å²) in [7, 11) is 0. The standard InChI is InChI=1S/C28H26FN3O5/c1-18(33)31-13-14-32-24(31)16-30-15-22(23(34)12-9-19-7-10-21(29)11-8-19)26(35)27(25(30)28(32)36)37-17-20-5-3-2-4-6-20/h2-8,10-11,15,24H,9,12-14,16-17H2,1H3. The Morgan fingerprint density at radius 1 is 1.00 bits per heavy atom. The van der Waals surface area contributed by atoms with Crippen LogP contribution in [0.3, 0.4) is 0 Å². The number of aromatic nitrogens is 1. The van der Waals surface area contributed by atoms with Crippen molar-refractivity contribution in [3.63, 3.8) is 0 Å². The lowest BCUT2D eigenvalue weighted by Crippen LogP contribution is -2.51. The molecule has 3 aromatic rings. The van der Waals surface area contributed by atoms with Crippen LogP contribution in [0.4, 0.5) is 4.39 Å². The number of carbonyl (C=O) groups excluding carboxylic acids is 3. The normalized spacial score (nSPS) is 16.4. The smallest absolute Gasteiger partial charge is 0.276 e. The number of hydrogen-bond donors (Lipinski definition) is 0. The van der Waals surface area contributed by atoms with E-state index in [2.05, 4.69) is 0 Å². The molecule has 2 amide bonds. The Labute approximate surface area is 212 Å². The van der Waals surface area contributed by atoms with Gasteiger partial charge in [0.15, 0.2) is 17.2 Å². The Bertz CT molecular complexity index is 1420. The number of halogens is 1. The molecular weight excluding hydrogens is 477 g/mol. The minimum atomic E-state index is -0.638. The number of ketones is 1. The number of fused-ring (bicyclic) bond motifs is 2. The summed E-state index contributed by atoms with van der Waals surface area (Å²) < 4.78 is 20.7. The third-order valence-electron chi connectivity index (χ3n) is 6.85. The summed E-state index contributed by atoms with van der Waals surface area (Å²) in [5.74, 6) is -1.50. The Hall–Kier alpha value is -4.27. The van der Waals surface area contributed by atoms with Crippen LogP contribution in [0.1, 0.15) is 45.3 Å². The molecule has 3 heterocycles. The van der Waals surface area contributed by atoms with Gasteiger partial charge in [-0.1, -0.05) is 42.5 Å². The Kier molecular flexibility index (Phi) is 6.60. The van der Waals surface area contributed by atoms with Crippen molar-refractivity contribution >= 4 is 17.6 Å². The minimum Gasteiger partial charge on any atom is -0.483 e. The maximum Gasteiger partial charge on any atom is 0.276 e. The van der Waals surface area contributed by atoms with Gasteiger partial charge in [0.25, 0.3) is 5.91 Å². The Morgan fingerprint density at radius 3 is 2.43 bits per heavy atom. The lowest BCUT2D eigenvalue weighted by atomic mass is 10.0. The molecule has 2 aliphatic heterocycles. The molecule has 0 aliphatic carbocycles. The van der Waals surface area contributed by atoms with E-state index in [9.17, 15) is 23.6 Å². The van der Waals surface area contributed by atoms with Gasteiger partial charge in [-0.2, -0.15) is 0 Å². The van der Waals surface area contributed by atoms with E-state index in [1.807, 2.05) is 30.3 Å². The number of ether oxygens (including phenoxy) is 1. The molecule has 8 nitrogen and oxygen atoms in total. The van der Waals surface area contributed by atoms with E-state index in [1.165, 1.54) is 25.3 Å². The molecule has 9 heteroatoms. The van der Waals surface area contributed by atoms with E-state index >= 15 is 0 Å². The Morgan fingerprint density at radius 2 is 1.73 bits per heavy atom. The van der Waals surface area contributed by atoms with Crippen LogP contribution in [0, 0.1) is 5.82 Å². The fourth-order valence-electron chi connectivity index (χ4n) is 4.90. The highest BCUT2D eigenvalue weighted by atomic mass is 19.1. The Balaban J connectivity index is 1.51. The van der Waals surface area contributed by atoms with Gasteiger partial charge in [-0.3, -0.25) is 19.2 Å². The zero-order valence-corrected chi connectivity index (χ0v) is 20.4. The third-order valence-corrected chi connectivity index (χ3v) is 6.85. The number of benzene rings is 2. The SMILES string of the molecule is CC(=O)N1CCN2C(=O)c3c(OCc4ccccc4)c(=O)c(C(=O)CCc4ccc(F)cc4)cn3CC12. The molecule has 5 rings (SSSR count). The van der Waals surface area contributed by atoms with E-state index in [1.54, 1.807) is 26.5 Å². The van der Waals surface area contributed by atoms with E-state index in [-0.39, 0.29) is 48.3 Å². The van der Waals surface area contributed by atoms with Gasteiger partial charge in [0.05, 0.1) is 12.1 Å². The second-order valence-electron chi connectivity index (χ2n) is 9.22. The largest absolute Gasteiger partial charge is 0.483 e. The highest BCUT2D eigenvalue weighted by Gasteiger charge is 2.43. The molecule has 1 fully saturated rings. The van der Waals surface area contributed by atoms with Crippen LogP contribution >= 0.6 is 0 Å². The average molecular weight is 504 g/mol. The van der Waals surface area contributed by atoms with Gasteiger partial charge in [0.2, 0.25) is 11.3 Å². The van der Waals surface area contributed by atoms with Crippen LogP contribution in [0.15, 0.2) is 65.6 Å². The molecule has 37 heavy (non-hydrogen) atoms. The molecule has 1 saturated heterocycles. The second kappa shape index (κ2) is 10.0. The third kappa shape index (κ3) is 4.76. The highest BCUT2D eigenvalue weighted by molar-refractivity contribution is 6.00. The number of hydrogen-bond acceptors (Lipinski definition) is 5. The van der Waals surface area contributed by atoms with Gasteiger partial charge >= 0.3 is 0 Å². The summed E-state index contributed by atoms with van der Waals surface area (Å²) in [4.78, 5) is 55.5. The number of pyridine rings is 1. The van der Waals surface area contributed by atoms with Crippen molar-refractivity contribution in [2.45, 2.75) is 39.1 Å². The first-order valence-corrected chi connectivity index (χ1v) is 12.1. The number of carbonyl (C=O) groups is 3. The zero-order chi connectivity index (χ0) is 26.1. The fourth-order valence-corrected chi connectivity index (χ4v) is 4.90. The maximum absolute atomic E-state index is 13.5. The summed E-state index contributed by atoms with van der Waals surface area (Å²) in [5, 5.41) is 0. The first-order valence-electron chi connectivity index (χ1n) is 12.1. The summed E-state index contributed by atoms with van der Waals surface area (Å²) in [5.41, 5.74) is 0.932. The molecule has 2 aliphatic rings. The number of aryl methyl sites for hydroxylation is 1. The van der Waals surface area contributed by atoms with Crippen molar-refractivity contribution in [3.05, 3.63) is 99.2 Å². The molecular formula is C28H26FN3O5. The summed E-state index contributed by atoms with van der Waals surface area (Å²) in [6.07, 6.45) is 1.27. The van der Waals surface area contributed by atoms with Crippen molar-refractivity contribution in [1.29, 1.82) is 0 Å². The minimum absolute atomic E-state index is 0.0292. The monoisotopic (exact) mass is 503 g/mol. The average Bonchev–Trinajstić information content (AvgIpc) is 3.33. The predicted molar refractivity (Wildman–Crippen MR) is 133 cm³/mol. The van der Waals surface area contributed by atoms with Crippen LogP contribution in [-0.2, 0) is 24.4 Å². The van der Waals surface area contributed by atoms with Gasteiger partial charge in [-0.05, 0) is 29.7 Å². The first kappa shape index (κ1) is 24.4. The highest BCUT2D eigenvalue weighted by Crippen LogP contribution is 2.29. The molecule has 190 valence electrons. The zero-order valence-electron chi connectivity index (χ0n) is 20.4. The lowest BCUT2D eigenvalue weighted by Gasteiger charge is -2.36. The summed E-state index contributed by atoms with van der Waals surface area (Å²) >= 11 is 0. The van der Waals surface area contributed by atoms with Crippen LogP contribution in [0.2, 0.25) is 0 Å². The molecule has 0 bridgehead atoms. The summed E-state index contributed by atoms with van der Waals surface area (Å²) in [6.45, 7) is 2.48. The molecule has 0 N–H and O–H groups in total. The predicted octanol–water partition coefficient (Wildman–Crippen LogP) is 3.03. The van der Waals surface area contributed by atoms with Crippen molar-refractivity contribution < 1.29 is 23.5 Å². The van der Waals surface area contributed by atoms with E-state index in [0.717, 1.165) is 11.1 Å². The van der Waals surface area contributed by atoms with E-state index < -0.39 is 23.3 Å². The van der Waals surface area contributed by atoms with Gasteiger partial charge in [0, 0.05) is 32.6 Å². The topological polar surface area (TPSA) is 88.9 Å². The van der Waals surface area contributed by atoms with E-state index in [4.69, 9.17) is 4.74 Å². The fraction of sp³-hybridized carbons (Fsp3) is 0.286. The molecule has 0 spiro atoms. The number of nitrogens with zero attached hydrogens (tertiary/aromatic N) is 3. The first-order chi connectivity index (χ1) is 17.8.